The highest BCUT2D eigenvalue weighted by molar-refractivity contribution is 6.30. The lowest BCUT2D eigenvalue weighted by atomic mass is 10.2. The zero-order valence-electron chi connectivity index (χ0n) is 12.7. The molecule has 0 radical (unpaired) electrons. The highest BCUT2D eigenvalue weighted by Gasteiger charge is 2.04. The maximum absolute atomic E-state index is 12.0. The Morgan fingerprint density at radius 3 is 2.17 bits per heavy atom. The zero-order valence-corrected chi connectivity index (χ0v) is 13.5. The molecule has 2 rings (SSSR count). The van der Waals surface area contributed by atoms with Crippen molar-refractivity contribution < 1.29 is 9.59 Å². The average Bonchev–Trinajstić information content (AvgIpc) is 2.53. The van der Waals surface area contributed by atoms with E-state index < -0.39 is 0 Å². The lowest BCUT2D eigenvalue weighted by Gasteiger charge is -2.10. The van der Waals surface area contributed by atoms with Crippen LogP contribution in [0.15, 0.2) is 48.5 Å². The second kappa shape index (κ2) is 8.19. The number of carbonyl (C=O) groups is 2. The molecular formula is C17H18ClN3O2. The molecule has 3 N–H and O–H groups in total. The van der Waals surface area contributed by atoms with Crippen LogP contribution in [0.4, 0.5) is 17.1 Å². The van der Waals surface area contributed by atoms with Crippen molar-refractivity contribution in [2.45, 2.75) is 13.3 Å². The van der Waals surface area contributed by atoms with Crippen molar-refractivity contribution >= 4 is 40.5 Å². The summed E-state index contributed by atoms with van der Waals surface area (Å²) in [5.74, 6) is -0.264. The molecule has 0 aliphatic rings. The third kappa shape index (κ3) is 5.64. The Bertz CT molecular complexity index is 704. The predicted molar refractivity (Wildman–Crippen MR) is 93.9 cm³/mol. The van der Waals surface area contributed by atoms with Gasteiger partial charge in [0.25, 0.3) is 0 Å². The normalized spacial score (nSPS) is 10.0. The van der Waals surface area contributed by atoms with Gasteiger partial charge in [0.15, 0.2) is 0 Å². The number of carbonyl (C=O) groups excluding carboxylic acids is 2. The summed E-state index contributed by atoms with van der Waals surface area (Å²) < 4.78 is 0. The fraction of sp³-hybridized carbons (Fsp3) is 0.176. The number of hydrogen-bond donors (Lipinski definition) is 3. The van der Waals surface area contributed by atoms with Gasteiger partial charge in [0.05, 0.1) is 6.54 Å². The summed E-state index contributed by atoms with van der Waals surface area (Å²) >= 11 is 5.89. The van der Waals surface area contributed by atoms with Gasteiger partial charge in [0.2, 0.25) is 11.8 Å². The van der Waals surface area contributed by atoms with E-state index in [1.54, 1.807) is 43.3 Å². The second-order valence-corrected chi connectivity index (χ2v) is 5.33. The lowest BCUT2D eigenvalue weighted by Crippen LogP contribution is -2.21. The van der Waals surface area contributed by atoms with Gasteiger partial charge in [0, 0.05) is 28.5 Å². The molecule has 2 aromatic rings. The zero-order chi connectivity index (χ0) is 16.7. The van der Waals surface area contributed by atoms with Crippen LogP contribution in [-0.4, -0.2) is 18.4 Å². The number of benzene rings is 2. The van der Waals surface area contributed by atoms with Crippen molar-refractivity contribution in [3.8, 4) is 0 Å². The average molecular weight is 332 g/mol. The highest BCUT2D eigenvalue weighted by Crippen LogP contribution is 2.16. The second-order valence-electron chi connectivity index (χ2n) is 4.89. The SMILES string of the molecule is CCC(=O)Nc1cccc(NC(=O)CNc2cccc(Cl)c2)c1. The van der Waals surface area contributed by atoms with Crippen molar-refractivity contribution in [1.29, 1.82) is 0 Å². The van der Waals surface area contributed by atoms with E-state index in [1.807, 2.05) is 12.1 Å². The summed E-state index contributed by atoms with van der Waals surface area (Å²) in [7, 11) is 0. The third-order valence-corrected chi connectivity index (χ3v) is 3.26. The molecule has 0 aliphatic carbocycles. The van der Waals surface area contributed by atoms with Gasteiger partial charge in [-0.1, -0.05) is 30.7 Å². The maximum atomic E-state index is 12.0. The number of halogens is 1. The van der Waals surface area contributed by atoms with Crippen molar-refractivity contribution in [2.75, 3.05) is 22.5 Å². The minimum Gasteiger partial charge on any atom is -0.376 e. The molecule has 0 spiro atoms. The molecule has 0 atom stereocenters. The van der Waals surface area contributed by atoms with E-state index in [2.05, 4.69) is 16.0 Å². The van der Waals surface area contributed by atoms with E-state index in [0.717, 1.165) is 5.69 Å². The summed E-state index contributed by atoms with van der Waals surface area (Å²) in [6.07, 6.45) is 0.403. The first-order valence-corrected chi connectivity index (χ1v) is 7.64. The molecule has 6 heteroatoms. The molecule has 120 valence electrons. The van der Waals surface area contributed by atoms with Gasteiger partial charge in [-0.3, -0.25) is 9.59 Å². The van der Waals surface area contributed by atoms with E-state index in [9.17, 15) is 9.59 Å². The molecule has 0 heterocycles. The Kier molecular flexibility index (Phi) is 6.00. The Morgan fingerprint density at radius 2 is 1.52 bits per heavy atom. The van der Waals surface area contributed by atoms with Crippen molar-refractivity contribution in [2.24, 2.45) is 0 Å². The third-order valence-electron chi connectivity index (χ3n) is 3.03. The molecule has 0 aromatic heterocycles. The molecule has 0 unspecified atom stereocenters. The fourth-order valence-corrected chi connectivity index (χ4v) is 2.10. The molecule has 5 nitrogen and oxygen atoms in total. The molecule has 0 saturated carbocycles. The van der Waals surface area contributed by atoms with E-state index in [1.165, 1.54) is 0 Å². The largest absolute Gasteiger partial charge is 0.376 e. The van der Waals surface area contributed by atoms with Crippen LogP contribution in [0.1, 0.15) is 13.3 Å². The molecular weight excluding hydrogens is 314 g/mol. The van der Waals surface area contributed by atoms with Crippen molar-refractivity contribution in [1.82, 2.24) is 0 Å². The van der Waals surface area contributed by atoms with Gasteiger partial charge in [-0.05, 0) is 36.4 Å². The molecule has 2 aromatic carbocycles. The van der Waals surface area contributed by atoms with Crippen LogP contribution in [0.2, 0.25) is 5.02 Å². The van der Waals surface area contributed by atoms with Crippen molar-refractivity contribution in [3.05, 3.63) is 53.6 Å². The molecule has 0 fully saturated rings. The number of anilines is 3. The first-order chi connectivity index (χ1) is 11.1. The van der Waals surface area contributed by atoms with Crippen LogP contribution < -0.4 is 16.0 Å². The van der Waals surface area contributed by atoms with Gasteiger partial charge >= 0.3 is 0 Å². The van der Waals surface area contributed by atoms with E-state index >= 15 is 0 Å². The standard InChI is InChI=1S/C17H18ClN3O2/c1-2-16(22)20-14-7-4-8-15(10-14)21-17(23)11-19-13-6-3-5-12(18)9-13/h3-10,19H,2,11H2,1H3,(H,20,22)(H,21,23). The summed E-state index contributed by atoms with van der Waals surface area (Å²) in [5, 5.41) is 9.12. The minimum absolute atomic E-state index is 0.0731. The Labute approximate surface area is 140 Å². The minimum atomic E-state index is -0.191. The van der Waals surface area contributed by atoms with Gasteiger partial charge in [-0.2, -0.15) is 0 Å². The van der Waals surface area contributed by atoms with E-state index in [-0.39, 0.29) is 18.4 Å². The van der Waals surface area contributed by atoms with Crippen LogP contribution in [0.25, 0.3) is 0 Å². The lowest BCUT2D eigenvalue weighted by molar-refractivity contribution is -0.116. The molecule has 0 bridgehead atoms. The van der Waals surface area contributed by atoms with Crippen LogP contribution >= 0.6 is 11.6 Å². The molecule has 2 amide bonds. The Balaban J connectivity index is 1.90. The van der Waals surface area contributed by atoms with Gasteiger partial charge in [-0.25, -0.2) is 0 Å². The first-order valence-electron chi connectivity index (χ1n) is 7.26. The van der Waals surface area contributed by atoms with Crippen LogP contribution in [0.3, 0.4) is 0 Å². The highest BCUT2D eigenvalue weighted by atomic mass is 35.5. The predicted octanol–water partition coefficient (Wildman–Crippen LogP) is 3.74. The number of hydrogen-bond acceptors (Lipinski definition) is 3. The van der Waals surface area contributed by atoms with Gasteiger partial charge in [-0.15, -0.1) is 0 Å². The molecule has 23 heavy (non-hydrogen) atoms. The van der Waals surface area contributed by atoms with Crippen LogP contribution in [-0.2, 0) is 9.59 Å². The Hall–Kier alpha value is -2.53. The summed E-state index contributed by atoms with van der Waals surface area (Å²) in [4.78, 5) is 23.3. The summed E-state index contributed by atoms with van der Waals surface area (Å²) in [5.41, 5.74) is 2.05. The topological polar surface area (TPSA) is 70.2 Å². The van der Waals surface area contributed by atoms with Crippen LogP contribution in [0.5, 0.6) is 0 Å². The number of rotatable bonds is 6. The first kappa shape index (κ1) is 16.8. The maximum Gasteiger partial charge on any atom is 0.243 e. The van der Waals surface area contributed by atoms with Gasteiger partial charge < -0.3 is 16.0 Å². The fourth-order valence-electron chi connectivity index (χ4n) is 1.91. The van der Waals surface area contributed by atoms with Gasteiger partial charge in [0.1, 0.15) is 0 Å². The number of amides is 2. The van der Waals surface area contributed by atoms with E-state index in [4.69, 9.17) is 11.6 Å². The Morgan fingerprint density at radius 1 is 0.913 bits per heavy atom. The van der Waals surface area contributed by atoms with Crippen molar-refractivity contribution in [3.63, 3.8) is 0 Å². The summed E-state index contributed by atoms with van der Waals surface area (Å²) in [6, 6.07) is 14.2. The van der Waals surface area contributed by atoms with Crippen LogP contribution in [0, 0.1) is 0 Å². The van der Waals surface area contributed by atoms with E-state index in [0.29, 0.717) is 22.8 Å². The number of nitrogens with one attached hydrogen (secondary N) is 3. The summed E-state index contributed by atoms with van der Waals surface area (Å²) in [6.45, 7) is 1.90. The monoisotopic (exact) mass is 331 g/mol. The molecule has 0 saturated heterocycles. The quantitative estimate of drug-likeness (QED) is 0.755. The molecule has 0 aliphatic heterocycles. The smallest absolute Gasteiger partial charge is 0.243 e.